The van der Waals surface area contributed by atoms with Gasteiger partial charge in [0.25, 0.3) is 0 Å². The van der Waals surface area contributed by atoms with Crippen LogP contribution < -0.4 is 10.6 Å². The lowest BCUT2D eigenvalue weighted by molar-refractivity contribution is -0.138. The van der Waals surface area contributed by atoms with E-state index in [1.54, 1.807) is 22.8 Å². The summed E-state index contributed by atoms with van der Waals surface area (Å²) in [5, 5.41) is 18.4. The van der Waals surface area contributed by atoms with Crippen molar-refractivity contribution >= 4 is 23.4 Å². The molecule has 0 unspecified atom stereocenters. The van der Waals surface area contributed by atoms with Gasteiger partial charge in [-0.2, -0.15) is 23.7 Å². The number of anilines is 1. The minimum atomic E-state index is -4.54. The van der Waals surface area contributed by atoms with E-state index < -0.39 is 17.7 Å². The number of nitrogens with two attached hydrogens (primary N) is 1. The first-order chi connectivity index (χ1) is 14.6. The molecule has 8 nitrogen and oxygen atoms in total. The lowest BCUT2D eigenvalue weighted by Crippen LogP contribution is -2.48. The van der Waals surface area contributed by atoms with Crippen LogP contribution in [0.25, 0.3) is 0 Å². The Morgan fingerprint density at radius 2 is 1.97 bits per heavy atom. The number of esters is 1. The molecule has 0 bridgehead atoms. The number of hydrogen-bond donors (Lipinski definition) is 1. The zero-order valence-electron chi connectivity index (χ0n) is 16.4. The van der Waals surface area contributed by atoms with E-state index in [9.17, 15) is 23.2 Å². The van der Waals surface area contributed by atoms with Gasteiger partial charge in [0.1, 0.15) is 29.4 Å². The number of ether oxygens (including phenoxy) is 1. The maximum atomic E-state index is 12.8. The second kappa shape index (κ2) is 10.0. The molecule has 1 fully saturated rings. The number of halogens is 4. The first-order valence-electron chi connectivity index (χ1n) is 9.03. The molecule has 164 valence electrons. The lowest BCUT2D eigenvalue weighted by atomic mass is 10.1. The second-order valence-corrected chi connectivity index (χ2v) is 6.71. The molecule has 31 heavy (non-hydrogen) atoms. The van der Waals surface area contributed by atoms with Crippen LogP contribution in [0.1, 0.15) is 12.5 Å². The van der Waals surface area contributed by atoms with Crippen LogP contribution in [0.15, 0.2) is 35.3 Å². The fraction of sp³-hybridized carbons (Fsp3) is 0.368. The number of carbonyl (C=O) groups excluding carboxylic acids is 1. The Morgan fingerprint density at radius 1 is 1.32 bits per heavy atom. The molecule has 0 aliphatic carbocycles. The Kier molecular flexibility index (Phi) is 7.72. The maximum absolute atomic E-state index is 12.8. The zero-order valence-corrected chi connectivity index (χ0v) is 17.2. The van der Waals surface area contributed by atoms with Crippen molar-refractivity contribution in [1.29, 1.82) is 10.5 Å². The Balaban J connectivity index is 2.17. The van der Waals surface area contributed by atoms with Crippen molar-refractivity contribution in [3.8, 4) is 12.1 Å². The predicted molar refractivity (Wildman–Crippen MR) is 105 cm³/mol. The van der Waals surface area contributed by atoms with Crippen molar-refractivity contribution in [2.45, 2.75) is 13.1 Å². The van der Waals surface area contributed by atoms with E-state index in [1.165, 1.54) is 0 Å². The van der Waals surface area contributed by atoms with Gasteiger partial charge >= 0.3 is 12.1 Å². The van der Waals surface area contributed by atoms with Crippen molar-refractivity contribution in [2.75, 3.05) is 37.7 Å². The molecule has 12 heteroatoms. The Labute approximate surface area is 181 Å². The van der Waals surface area contributed by atoms with Gasteiger partial charge in [0.15, 0.2) is 0 Å². The van der Waals surface area contributed by atoms with Crippen LogP contribution >= 0.6 is 11.6 Å². The van der Waals surface area contributed by atoms with Gasteiger partial charge in [-0.05, 0) is 19.1 Å². The predicted octanol–water partition coefficient (Wildman–Crippen LogP) is 2.58. The summed E-state index contributed by atoms with van der Waals surface area (Å²) in [6, 6.07) is 4.35. The summed E-state index contributed by atoms with van der Waals surface area (Å²) in [5.41, 5.74) is 4.68. The van der Waals surface area contributed by atoms with Crippen LogP contribution in [0.5, 0.6) is 0 Å². The SMILES string of the molecule is CCOC(=O)/C(C#N)=C/C(C#N)=C(/N)N1CCN(c2ncc(C(F)(F)F)cc2Cl)CC1. The Bertz CT molecular complexity index is 986. The molecule has 0 radical (unpaired) electrons. The first kappa shape index (κ1) is 23.8. The molecule has 0 aromatic carbocycles. The summed E-state index contributed by atoms with van der Waals surface area (Å²) in [5.74, 6) is -0.588. The van der Waals surface area contributed by atoms with Crippen molar-refractivity contribution in [3.05, 3.63) is 45.9 Å². The summed E-state index contributed by atoms with van der Waals surface area (Å²) >= 11 is 5.99. The molecular weight excluding hydrogens is 437 g/mol. The summed E-state index contributed by atoms with van der Waals surface area (Å²) in [6.07, 6.45) is -2.76. The molecule has 1 saturated heterocycles. The molecule has 1 aliphatic rings. The molecule has 0 saturated carbocycles. The smallest absolute Gasteiger partial charge is 0.417 e. The molecule has 2 heterocycles. The van der Waals surface area contributed by atoms with E-state index >= 15 is 0 Å². The van der Waals surface area contributed by atoms with Crippen LogP contribution in [0, 0.1) is 22.7 Å². The van der Waals surface area contributed by atoms with Gasteiger partial charge in [-0.25, -0.2) is 9.78 Å². The molecule has 2 rings (SSSR count). The van der Waals surface area contributed by atoms with Crippen molar-refractivity contribution in [3.63, 3.8) is 0 Å². The average molecular weight is 455 g/mol. The summed E-state index contributed by atoms with van der Waals surface area (Å²) < 4.78 is 43.1. The van der Waals surface area contributed by atoms with Gasteiger partial charge in [0.2, 0.25) is 0 Å². The Hall–Kier alpha value is -3.44. The number of carbonyl (C=O) groups is 1. The van der Waals surface area contributed by atoms with E-state index in [4.69, 9.17) is 27.3 Å². The highest BCUT2D eigenvalue weighted by Gasteiger charge is 2.32. The standard InChI is InChI=1S/C19H18ClF3N6O2/c1-2-31-18(30)13(10-25)7-12(9-24)16(26)28-3-5-29(6-4-28)17-15(20)8-14(11-27-17)19(21,22)23/h7-8,11H,2-6,26H2,1H3/b13-7+,16-12+. The van der Waals surface area contributed by atoms with Crippen LogP contribution in [-0.4, -0.2) is 48.6 Å². The van der Waals surface area contributed by atoms with E-state index in [0.29, 0.717) is 26.2 Å². The van der Waals surface area contributed by atoms with Crippen LogP contribution in [0.2, 0.25) is 5.02 Å². The number of rotatable bonds is 5. The summed E-state index contributed by atoms with van der Waals surface area (Å²) in [6.45, 7) is 2.92. The molecule has 2 N–H and O–H groups in total. The van der Waals surface area contributed by atoms with Gasteiger partial charge in [-0.3, -0.25) is 0 Å². The molecular formula is C19H18ClF3N6O2. The highest BCUT2D eigenvalue weighted by molar-refractivity contribution is 6.33. The number of nitriles is 2. The lowest BCUT2D eigenvalue weighted by Gasteiger charge is -2.37. The highest BCUT2D eigenvalue weighted by Crippen LogP contribution is 2.33. The number of nitrogens with zero attached hydrogens (tertiary/aromatic N) is 5. The fourth-order valence-corrected chi connectivity index (χ4v) is 3.09. The monoisotopic (exact) mass is 454 g/mol. The third kappa shape index (κ3) is 5.80. The van der Waals surface area contributed by atoms with Crippen LogP contribution in [-0.2, 0) is 15.7 Å². The van der Waals surface area contributed by atoms with Gasteiger partial charge in [-0.1, -0.05) is 11.6 Å². The highest BCUT2D eigenvalue weighted by atomic mass is 35.5. The van der Waals surface area contributed by atoms with E-state index in [2.05, 4.69) is 4.98 Å². The molecule has 0 amide bonds. The minimum Gasteiger partial charge on any atom is -0.462 e. The summed E-state index contributed by atoms with van der Waals surface area (Å²) in [4.78, 5) is 18.9. The van der Waals surface area contributed by atoms with E-state index in [0.717, 1.165) is 18.3 Å². The third-order valence-corrected chi connectivity index (χ3v) is 4.65. The largest absolute Gasteiger partial charge is 0.462 e. The second-order valence-electron chi connectivity index (χ2n) is 6.30. The average Bonchev–Trinajstić information content (AvgIpc) is 2.74. The topological polar surface area (TPSA) is 119 Å². The van der Waals surface area contributed by atoms with Crippen LogP contribution in [0.4, 0.5) is 19.0 Å². The van der Waals surface area contributed by atoms with Gasteiger partial charge < -0.3 is 20.3 Å². The number of aromatic nitrogens is 1. The van der Waals surface area contributed by atoms with Gasteiger partial charge in [0, 0.05) is 32.4 Å². The van der Waals surface area contributed by atoms with Crippen molar-refractivity contribution in [1.82, 2.24) is 9.88 Å². The fourth-order valence-electron chi connectivity index (χ4n) is 2.80. The normalized spacial score (nSPS) is 15.6. The molecule has 0 spiro atoms. The van der Waals surface area contributed by atoms with Crippen molar-refractivity contribution < 1.29 is 22.7 Å². The third-order valence-electron chi connectivity index (χ3n) is 4.37. The van der Waals surface area contributed by atoms with Crippen molar-refractivity contribution in [2.24, 2.45) is 5.73 Å². The van der Waals surface area contributed by atoms with E-state index in [1.807, 2.05) is 6.07 Å². The Morgan fingerprint density at radius 3 is 2.45 bits per heavy atom. The molecule has 1 aromatic rings. The zero-order chi connectivity index (χ0) is 23.2. The van der Waals surface area contributed by atoms with Crippen LogP contribution in [0.3, 0.4) is 0 Å². The molecule has 1 aromatic heterocycles. The number of alkyl halides is 3. The van der Waals surface area contributed by atoms with Gasteiger partial charge in [-0.15, -0.1) is 0 Å². The minimum absolute atomic E-state index is 0.0608. The van der Waals surface area contributed by atoms with E-state index in [-0.39, 0.29) is 34.4 Å². The number of hydrogen-bond acceptors (Lipinski definition) is 8. The number of pyridine rings is 1. The molecule has 0 atom stereocenters. The van der Waals surface area contributed by atoms with Gasteiger partial charge in [0.05, 0.1) is 22.8 Å². The first-order valence-corrected chi connectivity index (χ1v) is 9.41. The maximum Gasteiger partial charge on any atom is 0.417 e. The summed E-state index contributed by atoms with van der Waals surface area (Å²) in [7, 11) is 0. The molecule has 1 aliphatic heterocycles. The number of allylic oxidation sites excluding steroid dienone is 2. The number of piperazine rings is 1. The quantitative estimate of drug-likeness (QED) is 0.312.